The number of ether oxygens (including phenoxy) is 2. The van der Waals surface area contributed by atoms with Crippen molar-refractivity contribution in [3.63, 3.8) is 0 Å². The molecule has 0 amide bonds. The summed E-state index contributed by atoms with van der Waals surface area (Å²) in [5.74, 6) is 0.896. The number of hydrogen-bond donors (Lipinski definition) is 1. The highest BCUT2D eigenvalue weighted by atomic mass is 19.1. The maximum Gasteiger partial charge on any atom is 0.161 e. The molecule has 2 rings (SSSR count). The van der Waals surface area contributed by atoms with Crippen molar-refractivity contribution in [1.82, 2.24) is 10.3 Å². The predicted molar refractivity (Wildman–Crippen MR) is 80.1 cm³/mol. The molecule has 0 saturated carbocycles. The third-order valence-corrected chi connectivity index (χ3v) is 3.19. The monoisotopic (exact) mass is 290 g/mol. The molecule has 0 spiro atoms. The molecule has 1 heterocycles. The number of nitrogens with one attached hydrogen (secondary N) is 1. The molecule has 5 heteroatoms. The van der Waals surface area contributed by atoms with E-state index in [4.69, 9.17) is 9.47 Å². The van der Waals surface area contributed by atoms with Crippen molar-refractivity contribution in [1.29, 1.82) is 0 Å². The minimum atomic E-state index is -0.364. The van der Waals surface area contributed by atoms with E-state index >= 15 is 0 Å². The first-order chi connectivity index (χ1) is 10.2. The molecule has 0 bridgehead atoms. The van der Waals surface area contributed by atoms with Crippen molar-refractivity contribution in [2.75, 3.05) is 20.8 Å². The maximum absolute atomic E-state index is 13.4. The van der Waals surface area contributed by atoms with Gasteiger partial charge in [-0.3, -0.25) is 4.98 Å². The van der Waals surface area contributed by atoms with Gasteiger partial charge in [0.15, 0.2) is 11.5 Å². The molecular formula is C16H19FN2O2. The van der Waals surface area contributed by atoms with Crippen LogP contribution < -0.4 is 14.8 Å². The number of pyridine rings is 1. The van der Waals surface area contributed by atoms with Crippen molar-refractivity contribution in [2.24, 2.45) is 0 Å². The molecule has 0 aliphatic heterocycles. The third-order valence-electron chi connectivity index (χ3n) is 3.19. The zero-order valence-corrected chi connectivity index (χ0v) is 12.4. The average molecular weight is 290 g/mol. The zero-order chi connectivity index (χ0) is 15.2. The molecule has 0 unspecified atom stereocenters. The summed E-state index contributed by atoms with van der Waals surface area (Å²) >= 11 is 0. The van der Waals surface area contributed by atoms with Gasteiger partial charge in [0.2, 0.25) is 0 Å². The van der Waals surface area contributed by atoms with Crippen molar-refractivity contribution in [2.45, 2.75) is 13.5 Å². The van der Waals surface area contributed by atoms with E-state index in [1.807, 2.05) is 19.1 Å². The molecule has 0 atom stereocenters. The Morgan fingerprint density at radius 3 is 2.43 bits per heavy atom. The molecule has 1 aromatic heterocycles. The number of nitrogens with zero attached hydrogens (tertiary/aromatic N) is 1. The first kappa shape index (κ1) is 15.3. The molecule has 4 nitrogen and oxygen atoms in total. The lowest BCUT2D eigenvalue weighted by Crippen LogP contribution is -2.13. The SMILES string of the molecule is CCNCc1cc(OC)c(OC)cc1-c1cncc(F)c1. The molecule has 2 aromatic rings. The van der Waals surface area contributed by atoms with E-state index in [-0.39, 0.29) is 5.82 Å². The van der Waals surface area contributed by atoms with Gasteiger partial charge in [-0.2, -0.15) is 0 Å². The Morgan fingerprint density at radius 2 is 1.81 bits per heavy atom. The Kier molecular flexibility index (Phi) is 5.11. The van der Waals surface area contributed by atoms with Crippen LogP contribution in [0, 0.1) is 5.82 Å². The van der Waals surface area contributed by atoms with Gasteiger partial charge < -0.3 is 14.8 Å². The van der Waals surface area contributed by atoms with E-state index in [1.165, 1.54) is 12.3 Å². The molecule has 1 N–H and O–H groups in total. The highest BCUT2D eigenvalue weighted by molar-refractivity contribution is 5.70. The summed E-state index contributed by atoms with van der Waals surface area (Å²) in [6.07, 6.45) is 2.83. The predicted octanol–water partition coefficient (Wildman–Crippen LogP) is 3.01. The number of rotatable bonds is 6. The Balaban J connectivity index is 2.55. The highest BCUT2D eigenvalue weighted by Crippen LogP contribution is 2.35. The summed E-state index contributed by atoms with van der Waals surface area (Å²) < 4.78 is 24.1. The molecule has 0 radical (unpaired) electrons. The van der Waals surface area contributed by atoms with Crippen LogP contribution in [0.2, 0.25) is 0 Å². The van der Waals surface area contributed by atoms with Crippen LogP contribution in [0.4, 0.5) is 4.39 Å². The standard InChI is InChI=1S/C16H19FN2O2/c1-4-18-8-12-6-15(20-2)16(21-3)7-14(12)11-5-13(17)10-19-9-11/h5-7,9-10,18H,4,8H2,1-3H3. The Hall–Kier alpha value is -2.14. The van der Waals surface area contributed by atoms with Crippen LogP contribution in [0.3, 0.4) is 0 Å². The largest absolute Gasteiger partial charge is 0.493 e. The van der Waals surface area contributed by atoms with Crippen LogP contribution >= 0.6 is 0 Å². The molecule has 0 aliphatic carbocycles. The summed E-state index contributed by atoms with van der Waals surface area (Å²) in [4.78, 5) is 3.91. The van der Waals surface area contributed by atoms with Gasteiger partial charge in [0.1, 0.15) is 5.82 Å². The quantitative estimate of drug-likeness (QED) is 0.888. The van der Waals surface area contributed by atoms with Crippen molar-refractivity contribution < 1.29 is 13.9 Å². The number of halogens is 1. The molecular weight excluding hydrogens is 271 g/mol. The van der Waals surface area contributed by atoms with Gasteiger partial charge in [-0.1, -0.05) is 6.92 Å². The summed E-state index contributed by atoms with van der Waals surface area (Å²) in [5.41, 5.74) is 2.59. The molecule has 0 aliphatic rings. The maximum atomic E-state index is 13.4. The fourth-order valence-corrected chi connectivity index (χ4v) is 2.15. The second kappa shape index (κ2) is 7.04. The van der Waals surface area contributed by atoms with Crippen molar-refractivity contribution in [3.8, 4) is 22.6 Å². The summed E-state index contributed by atoms with van der Waals surface area (Å²) in [7, 11) is 3.17. The van der Waals surface area contributed by atoms with Crippen LogP contribution in [-0.4, -0.2) is 25.7 Å². The van der Waals surface area contributed by atoms with Gasteiger partial charge >= 0.3 is 0 Å². The number of aromatic nitrogens is 1. The second-order valence-electron chi connectivity index (χ2n) is 4.54. The lowest BCUT2D eigenvalue weighted by Gasteiger charge is -2.15. The number of benzene rings is 1. The fraction of sp³-hybridized carbons (Fsp3) is 0.312. The third kappa shape index (κ3) is 3.49. The fourth-order valence-electron chi connectivity index (χ4n) is 2.15. The van der Waals surface area contributed by atoms with Crippen LogP contribution in [0.25, 0.3) is 11.1 Å². The van der Waals surface area contributed by atoms with Gasteiger partial charge in [-0.15, -0.1) is 0 Å². The lowest BCUT2D eigenvalue weighted by molar-refractivity contribution is 0.354. The topological polar surface area (TPSA) is 43.4 Å². The Morgan fingerprint density at radius 1 is 1.10 bits per heavy atom. The van der Waals surface area contributed by atoms with Crippen molar-refractivity contribution in [3.05, 3.63) is 42.0 Å². The smallest absolute Gasteiger partial charge is 0.161 e. The number of hydrogen-bond acceptors (Lipinski definition) is 4. The Bertz CT molecular complexity index is 617. The summed E-state index contributed by atoms with van der Waals surface area (Å²) in [6, 6.07) is 5.22. The van der Waals surface area contributed by atoms with E-state index in [2.05, 4.69) is 10.3 Å². The highest BCUT2D eigenvalue weighted by Gasteiger charge is 2.13. The van der Waals surface area contributed by atoms with E-state index < -0.39 is 0 Å². The van der Waals surface area contributed by atoms with Gasteiger partial charge in [-0.25, -0.2) is 4.39 Å². The molecule has 21 heavy (non-hydrogen) atoms. The first-order valence-corrected chi connectivity index (χ1v) is 6.76. The van der Waals surface area contributed by atoms with Gasteiger partial charge in [-0.05, 0) is 35.9 Å². The first-order valence-electron chi connectivity index (χ1n) is 6.76. The van der Waals surface area contributed by atoms with Crippen molar-refractivity contribution >= 4 is 0 Å². The average Bonchev–Trinajstić information content (AvgIpc) is 2.52. The molecule has 112 valence electrons. The second-order valence-corrected chi connectivity index (χ2v) is 4.54. The zero-order valence-electron chi connectivity index (χ0n) is 12.4. The van der Waals surface area contributed by atoms with Gasteiger partial charge in [0, 0.05) is 18.3 Å². The van der Waals surface area contributed by atoms with E-state index in [0.717, 1.165) is 17.7 Å². The van der Waals surface area contributed by atoms with Crippen LogP contribution in [0.5, 0.6) is 11.5 Å². The lowest BCUT2D eigenvalue weighted by atomic mass is 10.00. The summed E-state index contributed by atoms with van der Waals surface area (Å²) in [6.45, 7) is 3.53. The minimum Gasteiger partial charge on any atom is -0.493 e. The van der Waals surface area contributed by atoms with E-state index in [9.17, 15) is 4.39 Å². The minimum absolute atomic E-state index is 0.364. The normalized spacial score (nSPS) is 10.5. The Labute approximate surface area is 123 Å². The van der Waals surface area contributed by atoms with Gasteiger partial charge in [0.25, 0.3) is 0 Å². The van der Waals surface area contributed by atoms with Gasteiger partial charge in [0.05, 0.1) is 20.4 Å². The van der Waals surface area contributed by atoms with E-state index in [0.29, 0.717) is 23.6 Å². The summed E-state index contributed by atoms with van der Waals surface area (Å²) in [5, 5.41) is 3.27. The van der Waals surface area contributed by atoms with Crippen LogP contribution in [0.1, 0.15) is 12.5 Å². The van der Waals surface area contributed by atoms with E-state index in [1.54, 1.807) is 20.4 Å². The van der Waals surface area contributed by atoms with Crippen LogP contribution in [-0.2, 0) is 6.54 Å². The van der Waals surface area contributed by atoms with Crippen LogP contribution in [0.15, 0.2) is 30.6 Å². The molecule has 1 aromatic carbocycles. The number of methoxy groups -OCH3 is 2. The molecule has 0 saturated heterocycles. The molecule has 0 fully saturated rings.